The first-order valence-corrected chi connectivity index (χ1v) is 8.51. The van der Waals surface area contributed by atoms with Crippen molar-refractivity contribution in [1.29, 1.82) is 0 Å². The molecule has 0 N–H and O–H groups in total. The molecule has 3 aromatic rings. The molecule has 3 nitrogen and oxygen atoms in total. The fraction of sp³-hybridized carbons (Fsp3) is 0.150. The highest BCUT2D eigenvalue weighted by Gasteiger charge is 2.35. The highest BCUT2D eigenvalue weighted by molar-refractivity contribution is 5.72. The van der Waals surface area contributed by atoms with Gasteiger partial charge in [0.05, 0.1) is 11.3 Å². The predicted octanol–water partition coefficient (Wildman–Crippen LogP) is 7.23. The third-order valence-electron chi connectivity index (χ3n) is 3.95. The van der Waals surface area contributed by atoms with Crippen LogP contribution < -0.4 is 9.47 Å². The molecule has 0 aliphatic heterocycles. The van der Waals surface area contributed by atoms with Crippen molar-refractivity contribution in [3.63, 3.8) is 0 Å². The van der Waals surface area contributed by atoms with Gasteiger partial charge >= 0.3 is 18.9 Å². The Labute approximate surface area is 174 Å². The number of aromatic nitrogens is 1. The molecule has 0 amide bonds. The van der Waals surface area contributed by atoms with E-state index < -0.39 is 41.5 Å². The lowest BCUT2D eigenvalue weighted by atomic mass is 9.99. The molecule has 0 bridgehead atoms. The van der Waals surface area contributed by atoms with E-state index in [0.29, 0.717) is 6.07 Å². The van der Waals surface area contributed by atoms with Crippen molar-refractivity contribution >= 4 is 0 Å². The zero-order valence-electron chi connectivity index (χ0n) is 15.4. The van der Waals surface area contributed by atoms with Gasteiger partial charge in [0.15, 0.2) is 0 Å². The van der Waals surface area contributed by atoms with Crippen molar-refractivity contribution in [2.24, 2.45) is 0 Å². The van der Waals surface area contributed by atoms with Crippen LogP contribution in [0.3, 0.4) is 0 Å². The number of halogens is 9. The first kappa shape index (κ1) is 23.2. The maximum Gasteiger partial charge on any atom is 0.573 e. The summed E-state index contributed by atoms with van der Waals surface area (Å²) in [6.07, 6.45) is -14.2. The summed E-state index contributed by atoms with van der Waals surface area (Å²) in [6, 6.07) is 8.64. The van der Waals surface area contributed by atoms with Gasteiger partial charge in [-0.25, -0.2) is 0 Å². The second-order valence-electron chi connectivity index (χ2n) is 6.26. The average molecular weight is 467 g/mol. The number of alkyl halides is 9. The summed E-state index contributed by atoms with van der Waals surface area (Å²) < 4.78 is 123. The molecule has 1 heterocycles. The zero-order chi connectivity index (χ0) is 23.7. The minimum absolute atomic E-state index is 0.0991. The van der Waals surface area contributed by atoms with Crippen molar-refractivity contribution in [2.45, 2.75) is 18.9 Å². The number of nitrogens with zero attached hydrogens (tertiary/aromatic N) is 1. The third kappa shape index (κ3) is 6.05. The van der Waals surface area contributed by atoms with Gasteiger partial charge in [-0.1, -0.05) is 24.3 Å². The molecule has 2 aromatic carbocycles. The van der Waals surface area contributed by atoms with E-state index in [1.54, 1.807) is 0 Å². The number of pyridine rings is 1. The molecular weight excluding hydrogens is 457 g/mol. The monoisotopic (exact) mass is 467 g/mol. The minimum atomic E-state index is -5.04. The van der Waals surface area contributed by atoms with Gasteiger partial charge in [0.2, 0.25) is 0 Å². The molecule has 32 heavy (non-hydrogen) atoms. The van der Waals surface area contributed by atoms with Crippen LogP contribution in [0.1, 0.15) is 5.56 Å². The van der Waals surface area contributed by atoms with Gasteiger partial charge in [-0.05, 0) is 35.9 Å². The first-order chi connectivity index (χ1) is 14.7. The van der Waals surface area contributed by atoms with Gasteiger partial charge in [-0.2, -0.15) is 13.2 Å². The van der Waals surface area contributed by atoms with Crippen molar-refractivity contribution in [3.05, 3.63) is 66.4 Å². The maximum atomic E-state index is 13.7. The van der Waals surface area contributed by atoms with Gasteiger partial charge in [0.1, 0.15) is 11.5 Å². The fourth-order valence-electron chi connectivity index (χ4n) is 2.79. The number of ether oxygens (including phenoxy) is 2. The van der Waals surface area contributed by atoms with E-state index in [9.17, 15) is 39.5 Å². The van der Waals surface area contributed by atoms with Gasteiger partial charge in [0.25, 0.3) is 0 Å². The molecule has 170 valence electrons. The van der Waals surface area contributed by atoms with Crippen molar-refractivity contribution in [3.8, 4) is 33.9 Å². The van der Waals surface area contributed by atoms with E-state index in [1.807, 2.05) is 0 Å². The SMILES string of the molecule is FC(F)(F)Oc1cccc(-c2cc(C(F)(F)F)c(-c3cccc(OC(F)(F)F)c3)cn2)c1. The van der Waals surface area contributed by atoms with Gasteiger partial charge in [0, 0.05) is 17.3 Å². The lowest BCUT2D eigenvalue weighted by Gasteiger charge is -2.16. The van der Waals surface area contributed by atoms with Gasteiger partial charge < -0.3 is 9.47 Å². The summed E-state index contributed by atoms with van der Waals surface area (Å²) in [5, 5.41) is 0. The smallest absolute Gasteiger partial charge is 0.406 e. The summed E-state index contributed by atoms with van der Waals surface area (Å²) in [5.41, 5.74) is -2.48. The van der Waals surface area contributed by atoms with Crippen LogP contribution >= 0.6 is 0 Å². The van der Waals surface area contributed by atoms with E-state index in [2.05, 4.69) is 14.5 Å². The normalized spacial score (nSPS) is 12.5. The van der Waals surface area contributed by atoms with E-state index in [4.69, 9.17) is 0 Å². The number of rotatable bonds is 4. The second kappa shape index (κ2) is 8.24. The highest BCUT2D eigenvalue weighted by atomic mass is 19.4. The maximum absolute atomic E-state index is 13.7. The Balaban J connectivity index is 2.05. The van der Waals surface area contributed by atoms with Crippen LogP contribution in [0.2, 0.25) is 0 Å². The number of hydrogen-bond donors (Lipinski definition) is 0. The Morgan fingerprint density at radius 2 is 1.12 bits per heavy atom. The van der Waals surface area contributed by atoms with E-state index in [-0.39, 0.29) is 16.8 Å². The van der Waals surface area contributed by atoms with Crippen molar-refractivity contribution < 1.29 is 49.0 Å². The molecule has 0 saturated heterocycles. The molecule has 0 aliphatic rings. The average Bonchev–Trinajstić information content (AvgIpc) is 2.64. The zero-order valence-corrected chi connectivity index (χ0v) is 15.4. The van der Waals surface area contributed by atoms with E-state index >= 15 is 0 Å². The molecule has 0 saturated carbocycles. The standard InChI is InChI=1S/C20H10F9NO2/c21-18(22,23)16-9-17(12-4-2-6-14(8-12)32-20(27,28)29)30-10-15(16)11-3-1-5-13(7-11)31-19(24,25)26/h1-10H. The van der Waals surface area contributed by atoms with E-state index in [1.165, 1.54) is 6.07 Å². The highest BCUT2D eigenvalue weighted by Crippen LogP contribution is 2.40. The molecule has 0 unspecified atom stereocenters. The molecule has 0 aliphatic carbocycles. The van der Waals surface area contributed by atoms with Gasteiger partial charge in [-0.15, -0.1) is 26.3 Å². The topological polar surface area (TPSA) is 31.4 Å². The molecule has 12 heteroatoms. The van der Waals surface area contributed by atoms with Gasteiger partial charge in [-0.3, -0.25) is 4.98 Å². The summed E-state index contributed by atoms with van der Waals surface area (Å²) in [7, 11) is 0. The molecule has 1 aromatic heterocycles. The summed E-state index contributed by atoms with van der Waals surface area (Å²) in [5.74, 6) is -1.39. The molecule has 0 spiro atoms. The lowest BCUT2D eigenvalue weighted by Crippen LogP contribution is -2.17. The Bertz CT molecular complexity index is 1110. The molecule has 3 rings (SSSR count). The second-order valence-corrected chi connectivity index (χ2v) is 6.26. The summed E-state index contributed by atoms with van der Waals surface area (Å²) >= 11 is 0. The van der Waals surface area contributed by atoms with Crippen LogP contribution in [-0.2, 0) is 6.18 Å². The molecule has 0 radical (unpaired) electrons. The van der Waals surface area contributed by atoms with Crippen LogP contribution in [-0.4, -0.2) is 17.7 Å². The van der Waals surface area contributed by atoms with Crippen LogP contribution in [0, 0.1) is 0 Å². The van der Waals surface area contributed by atoms with E-state index in [0.717, 1.165) is 48.7 Å². The quantitative estimate of drug-likeness (QED) is 0.380. The number of hydrogen-bond acceptors (Lipinski definition) is 3. The molecule has 0 fully saturated rings. The van der Waals surface area contributed by atoms with Crippen molar-refractivity contribution in [1.82, 2.24) is 4.98 Å². The first-order valence-electron chi connectivity index (χ1n) is 8.51. The predicted molar refractivity (Wildman–Crippen MR) is 93.5 cm³/mol. The summed E-state index contributed by atoms with van der Waals surface area (Å²) in [4.78, 5) is 3.84. The molecule has 0 atom stereocenters. The largest absolute Gasteiger partial charge is 0.573 e. The summed E-state index contributed by atoms with van der Waals surface area (Å²) in [6.45, 7) is 0. The van der Waals surface area contributed by atoms with Crippen LogP contribution in [0.25, 0.3) is 22.4 Å². The fourth-order valence-corrected chi connectivity index (χ4v) is 2.79. The number of benzene rings is 2. The Morgan fingerprint density at radius 3 is 1.62 bits per heavy atom. The van der Waals surface area contributed by atoms with Crippen LogP contribution in [0.15, 0.2) is 60.8 Å². The van der Waals surface area contributed by atoms with Crippen LogP contribution in [0.4, 0.5) is 39.5 Å². The Kier molecular flexibility index (Phi) is 5.98. The Hall–Kier alpha value is -3.44. The van der Waals surface area contributed by atoms with Crippen LogP contribution in [0.5, 0.6) is 11.5 Å². The van der Waals surface area contributed by atoms with Crippen molar-refractivity contribution in [2.75, 3.05) is 0 Å². The minimum Gasteiger partial charge on any atom is -0.406 e. The lowest BCUT2D eigenvalue weighted by molar-refractivity contribution is -0.275. The third-order valence-corrected chi connectivity index (χ3v) is 3.95. The Morgan fingerprint density at radius 1 is 0.625 bits per heavy atom. The molecular formula is C20H10F9NO2.